The molecular formula is C26H26N2O2S. The molecule has 0 aliphatic carbocycles. The summed E-state index contributed by atoms with van der Waals surface area (Å²) < 4.78 is 6.49. The van der Waals surface area contributed by atoms with Gasteiger partial charge in [0.25, 0.3) is 0 Å². The van der Waals surface area contributed by atoms with Gasteiger partial charge in [-0.1, -0.05) is 65.9 Å². The molecule has 4 rings (SSSR count). The maximum atomic E-state index is 13.5. The molecule has 0 aliphatic rings. The van der Waals surface area contributed by atoms with E-state index >= 15 is 0 Å². The van der Waals surface area contributed by atoms with Gasteiger partial charge < -0.3 is 4.74 Å². The number of carbonyl (C=O) groups is 1. The van der Waals surface area contributed by atoms with Crippen LogP contribution in [-0.4, -0.2) is 18.0 Å². The van der Waals surface area contributed by atoms with Crippen molar-refractivity contribution in [3.8, 4) is 5.75 Å². The third kappa shape index (κ3) is 4.47. The smallest absolute Gasteiger partial charge is 0.233 e. The van der Waals surface area contributed by atoms with Crippen molar-refractivity contribution in [1.82, 2.24) is 4.98 Å². The molecule has 0 atom stereocenters. The normalized spacial score (nSPS) is 11.0. The average Bonchev–Trinajstić information content (AvgIpc) is 3.22. The molecule has 0 N–H and O–H groups in total. The third-order valence-electron chi connectivity index (χ3n) is 5.46. The van der Waals surface area contributed by atoms with Gasteiger partial charge in [-0.15, -0.1) is 0 Å². The van der Waals surface area contributed by atoms with Crippen LogP contribution in [0, 0.1) is 20.8 Å². The summed E-state index contributed by atoms with van der Waals surface area (Å²) in [6.07, 6.45) is 0.311. The second kappa shape index (κ2) is 8.90. The van der Waals surface area contributed by atoms with Gasteiger partial charge in [-0.25, -0.2) is 4.98 Å². The summed E-state index contributed by atoms with van der Waals surface area (Å²) >= 11 is 1.59. The Morgan fingerprint density at radius 2 is 1.68 bits per heavy atom. The molecule has 1 amide bonds. The van der Waals surface area contributed by atoms with E-state index in [-0.39, 0.29) is 5.91 Å². The van der Waals surface area contributed by atoms with Crippen molar-refractivity contribution in [2.24, 2.45) is 0 Å². The minimum Gasteiger partial charge on any atom is -0.496 e. The predicted molar refractivity (Wildman–Crippen MR) is 128 cm³/mol. The average molecular weight is 431 g/mol. The molecule has 1 heterocycles. The number of hydrogen-bond acceptors (Lipinski definition) is 4. The zero-order valence-corrected chi connectivity index (χ0v) is 19.1. The molecule has 0 unspecified atom stereocenters. The Kier molecular flexibility index (Phi) is 6.05. The van der Waals surface area contributed by atoms with E-state index in [4.69, 9.17) is 9.72 Å². The number of aromatic nitrogens is 1. The van der Waals surface area contributed by atoms with Crippen LogP contribution >= 0.6 is 11.3 Å². The summed E-state index contributed by atoms with van der Waals surface area (Å²) in [6.45, 7) is 6.64. The number of aryl methyl sites for hydroxylation is 3. The lowest BCUT2D eigenvalue weighted by atomic mass is 10.1. The summed E-state index contributed by atoms with van der Waals surface area (Å²) in [7, 11) is 1.66. The Balaban J connectivity index is 1.70. The number of hydrogen-bond donors (Lipinski definition) is 0. The molecule has 0 aliphatic heterocycles. The third-order valence-corrected chi connectivity index (χ3v) is 6.67. The van der Waals surface area contributed by atoms with E-state index in [0.717, 1.165) is 43.4 Å². The van der Waals surface area contributed by atoms with Gasteiger partial charge in [0.2, 0.25) is 5.91 Å². The first kappa shape index (κ1) is 21.1. The molecule has 4 aromatic rings. The second-order valence-corrected chi connectivity index (χ2v) is 8.80. The fraction of sp³-hybridized carbons (Fsp3) is 0.231. The standard InChI is InChI=1S/C26H26N2O2S/c1-17-10-11-18(2)25-24(17)27-26(31-25)28(16-20-8-6-5-7-9-20)23(29)15-21-12-13-22(30-4)19(3)14-21/h5-14H,15-16H2,1-4H3. The van der Waals surface area contributed by atoms with Crippen LogP contribution in [0.15, 0.2) is 60.7 Å². The molecular weight excluding hydrogens is 404 g/mol. The Labute approximate surface area is 187 Å². The molecule has 5 heteroatoms. The van der Waals surface area contributed by atoms with Gasteiger partial charge in [-0.05, 0) is 54.7 Å². The van der Waals surface area contributed by atoms with E-state index in [1.165, 1.54) is 5.56 Å². The van der Waals surface area contributed by atoms with E-state index in [1.807, 2.05) is 60.4 Å². The van der Waals surface area contributed by atoms with Crippen LogP contribution in [0.2, 0.25) is 0 Å². The maximum absolute atomic E-state index is 13.5. The summed E-state index contributed by atoms with van der Waals surface area (Å²) in [6, 6.07) is 20.2. The molecule has 1 aromatic heterocycles. The van der Waals surface area contributed by atoms with E-state index in [2.05, 4.69) is 26.0 Å². The molecule has 0 radical (unpaired) electrons. The minimum atomic E-state index is 0.0304. The Hall–Kier alpha value is -3.18. The number of rotatable bonds is 6. The van der Waals surface area contributed by atoms with E-state index in [1.54, 1.807) is 18.4 Å². The number of fused-ring (bicyclic) bond motifs is 1. The quantitative estimate of drug-likeness (QED) is 0.376. The first-order valence-electron chi connectivity index (χ1n) is 10.3. The molecule has 0 spiro atoms. The van der Waals surface area contributed by atoms with Crippen molar-refractivity contribution in [2.75, 3.05) is 12.0 Å². The molecule has 0 fully saturated rings. The van der Waals surface area contributed by atoms with Crippen LogP contribution < -0.4 is 9.64 Å². The number of carbonyl (C=O) groups excluding carboxylic acids is 1. The van der Waals surface area contributed by atoms with E-state index in [0.29, 0.717) is 13.0 Å². The van der Waals surface area contributed by atoms with Crippen molar-refractivity contribution < 1.29 is 9.53 Å². The highest BCUT2D eigenvalue weighted by Crippen LogP contribution is 2.34. The molecule has 0 saturated heterocycles. The SMILES string of the molecule is COc1ccc(CC(=O)N(Cc2ccccc2)c2nc3c(C)ccc(C)c3s2)cc1C. The number of nitrogens with zero attached hydrogens (tertiary/aromatic N) is 2. The zero-order valence-electron chi connectivity index (χ0n) is 18.3. The largest absolute Gasteiger partial charge is 0.496 e. The lowest BCUT2D eigenvalue weighted by Gasteiger charge is -2.20. The van der Waals surface area contributed by atoms with Crippen molar-refractivity contribution in [3.05, 3.63) is 88.5 Å². The molecule has 4 nitrogen and oxygen atoms in total. The van der Waals surface area contributed by atoms with Gasteiger partial charge in [0.1, 0.15) is 5.75 Å². The van der Waals surface area contributed by atoms with Crippen LogP contribution in [0.1, 0.15) is 27.8 Å². The number of ether oxygens (including phenoxy) is 1. The van der Waals surface area contributed by atoms with Crippen molar-refractivity contribution in [3.63, 3.8) is 0 Å². The summed E-state index contributed by atoms with van der Waals surface area (Å²) in [4.78, 5) is 20.2. The van der Waals surface area contributed by atoms with Crippen LogP contribution in [0.5, 0.6) is 5.75 Å². The molecule has 158 valence electrons. The summed E-state index contributed by atoms with van der Waals surface area (Å²) in [5.74, 6) is 0.859. The lowest BCUT2D eigenvalue weighted by molar-refractivity contribution is -0.118. The maximum Gasteiger partial charge on any atom is 0.233 e. The second-order valence-electron chi connectivity index (χ2n) is 7.82. The highest BCUT2D eigenvalue weighted by molar-refractivity contribution is 7.22. The van der Waals surface area contributed by atoms with Gasteiger partial charge in [0, 0.05) is 0 Å². The first-order valence-corrected chi connectivity index (χ1v) is 11.1. The molecule has 31 heavy (non-hydrogen) atoms. The lowest BCUT2D eigenvalue weighted by Crippen LogP contribution is -2.31. The van der Waals surface area contributed by atoms with Crippen molar-refractivity contribution in [1.29, 1.82) is 0 Å². The van der Waals surface area contributed by atoms with Crippen LogP contribution in [0.4, 0.5) is 5.13 Å². The Bertz CT molecular complexity index is 1190. The number of thiazole rings is 1. The van der Waals surface area contributed by atoms with Crippen LogP contribution in [0.3, 0.4) is 0 Å². The number of methoxy groups -OCH3 is 1. The zero-order chi connectivity index (χ0) is 22.0. The molecule has 3 aromatic carbocycles. The molecule has 0 saturated carbocycles. The van der Waals surface area contributed by atoms with Crippen molar-refractivity contribution >= 4 is 32.6 Å². The number of amides is 1. The van der Waals surface area contributed by atoms with Gasteiger partial charge >= 0.3 is 0 Å². The first-order chi connectivity index (χ1) is 15.0. The summed E-state index contributed by atoms with van der Waals surface area (Å²) in [5.41, 5.74) is 6.35. The monoisotopic (exact) mass is 430 g/mol. The fourth-order valence-electron chi connectivity index (χ4n) is 3.71. The topological polar surface area (TPSA) is 42.4 Å². The van der Waals surface area contributed by atoms with Crippen LogP contribution in [-0.2, 0) is 17.8 Å². The Morgan fingerprint density at radius 1 is 0.935 bits per heavy atom. The van der Waals surface area contributed by atoms with Gasteiger partial charge in [-0.2, -0.15) is 0 Å². The highest BCUT2D eigenvalue weighted by Gasteiger charge is 2.22. The fourth-order valence-corrected chi connectivity index (χ4v) is 4.84. The number of anilines is 1. The van der Waals surface area contributed by atoms with E-state index < -0.39 is 0 Å². The van der Waals surface area contributed by atoms with Gasteiger partial charge in [-0.3, -0.25) is 9.69 Å². The Morgan fingerprint density at radius 3 is 2.35 bits per heavy atom. The van der Waals surface area contributed by atoms with E-state index in [9.17, 15) is 4.79 Å². The molecule has 0 bridgehead atoms. The predicted octanol–water partition coefficient (Wildman–Crippen LogP) is 6.01. The van der Waals surface area contributed by atoms with Crippen molar-refractivity contribution in [2.45, 2.75) is 33.7 Å². The minimum absolute atomic E-state index is 0.0304. The van der Waals surface area contributed by atoms with Gasteiger partial charge in [0.05, 0.1) is 30.3 Å². The number of benzene rings is 3. The van der Waals surface area contributed by atoms with Crippen LogP contribution in [0.25, 0.3) is 10.2 Å². The summed E-state index contributed by atoms with van der Waals surface area (Å²) in [5, 5.41) is 0.742. The highest BCUT2D eigenvalue weighted by atomic mass is 32.1. The van der Waals surface area contributed by atoms with Gasteiger partial charge in [0.15, 0.2) is 5.13 Å².